The van der Waals surface area contributed by atoms with E-state index in [9.17, 15) is 0 Å². The maximum Gasteiger partial charge on any atom is 0.133 e. The van der Waals surface area contributed by atoms with Crippen LogP contribution < -0.4 is 5.48 Å². The lowest BCUT2D eigenvalue weighted by molar-refractivity contribution is -0.0761. The fraction of sp³-hybridized carbons (Fsp3) is 0.500. The molecule has 4 nitrogen and oxygen atoms in total. The van der Waals surface area contributed by atoms with Crippen LogP contribution in [0, 0.1) is 0 Å². The average molecular weight is 196 g/mol. The van der Waals surface area contributed by atoms with Gasteiger partial charge >= 0.3 is 0 Å². The van der Waals surface area contributed by atoms with Crippen molar-refractivity contribution < 1.29 is 9.94 Å². The number of hydrogen-bond donors (Lipinski definition) is 2. The van der Waals surface area contributed by atoms with Gasteiger partial charge in [-0.1, -0.05) is 0 Å². The Morgan fingerprint density at radius 3 is 2.64 bits per heavy atom. The smallest absolute Gasteiger partial charge is 0.133 e. The number of pyridine rings is 1. The van der Waals surface area contributed by atoms with Gasteiger partial charge in [0.2, 0.25) is 0 Å². The molecule has 1 heterocycles. The molecule has 4 heteroatoms. The summed E-state index contributed by atoms with van der Waals surface area (Å²) >= 11 is 0. The van der Waals surface area contributed by atoms with Crippen LogP contribution >= 0.6 is 0 Å². The highest BCUT2D eigenvalue weighted by molar-refractivity contribution is 5.17. The minimum Gasteiger partial charge on any atom is -0.506 e. The fourth-order valence-electron chi connectivity index (χ4n) is 0.848. The van der Waals surface area contributed by atoms with Gasteiger partial charge in [-0.2, -0.15) is 5.48 Å². The third-order valence-electron chi connectivity index (χ3n) is 1.44. The van der Waals surface area contributed by atoms with Crippen molar-refractivity contribution in [2.24, 2.45) is 0 Å². The number of nitrogens with zero attached hydrogens (tertiary/aromatic N) is 1. The van der Waals surface area contributed by atoms with Gasteiger partial charge in [-0.25, -0.2) is 0 Å². The van der Waals surface area contributed by atoms with Crippen molar-refractivity contribution in [1.82, 2.24) is 10.5 Å². The Bertz CT molecular complexity index is 277. The number of aromatic nitrogens is 1. The Hall–Kier alpha value is -1.13. The van der Waals surface area contributed by atoms with Gasteiger partial charge in [0.1, 0.15) is 5.75 Å². The second-order valence-electron chi connectivity index (χ2n) is 4.04. The summed E-state index contributed by atoms with van der Waals surface area (Å²) < 4.78 is 0. The van der Waals surface area contributed by atoms with E-state index < -0.39 is 0 Å². The number of hydroxylamine groups is 1. The summed E-state index contributed by atoms with van der Waals surface area (Å²) in [5, 5.41) is 9.00. The molecule has 0 aromatic carbocycles. The van der Waals surface area contributed by atoms with Gasteiger partial charge in [0.25, 0.3) is 0 Å². The molecule has 1 rings (SSSR count). The van der Waals surface area contributed by atoms with Crippen LogP contribution in [-0.4, -0.2) is 15.7 Å². The van der Waals surface area contributed by atoms with Gasteiger partial charge in [0.15, 0.2) is 0 Å². The molecule has 0 aliphatic heterocycles. The zero-order chi connectivity index (χ0) is 10.6. The zero-order valence-electron chi connectivity index (χ0n) is 8.74. The molecular weight excluding hydrogens is 180 g/mol. The molecule has 0 spiro atoms. The molecule has 0 aliphatic rings. The molecule has 14 heavy (non-hydrogen) atoms. The van der Waals surface area contributed by atoms with Gasteiger partial charge in [-0.15, -0.1) is 0 Å². The van der Waals surface area contributed by atoms with Crippen molar-refractivity contribution in [3.63, 3.8) is 0 Å². The summed E-state index contributed by atoms with van der Waals surface area (Å²) in [5.41, 5.74) is 3.43. The lowest BCUT2D eigenvalue weighted by Crippen LogP contribution is -2.28. The lowest BCUT2D eigenvalue weighted by atomic mass is 10.2. The average Bonchev–Trinajstić information content (AvgIpc) is 2.06. The molecule has 1 aromatic rings. The van der Waals surface area contributed by atoms with Crippen molar-refractivity contribution in [3.8, 4) is 5.75 Å². The van der Waals surface area contributed by atoms with Crippen LogP contribution in [0.1, 0.15) is 26.5 Å². The van der Waals surface area contributed by atoms with Crippen molar-refractivity contribution in [1.29, 1.82) is 0 Å². The topological polar surface area (TPSA) is 54.4 Å². The van der Waals surface area contributed by atoms with E-state index in [2.05, 4.69) is 10.5 Å². The van der Waals surface area contributed by atoms with Crippen LogP contribution in [0.15, 0.2) is 18.3 Å². The molecule has 78 valence electrons. The lowest BCUT2D eigenvalue weighted by Gasteiger charge is -2.19. The predicted molar refractivity (Wildman–Crippen MR) is 53.6 cm³/mol. The van der Waals surface area contributed by atoms with E-state index >= 15 is 0 Å². The number of nitrogens with one attached hydrogen (secondary N) is 1. The van der Waals surface area contributed by atoms with E-state index in [1.807, 2.05) is 20.8 Å². The van der Waals surface area contributed by atoms with Crippen LogP contribution in [-0.2, 0) is 11.4 Å². The van der Waals surface area contributed by atoms with E-state index in [1.54, 1.807) is 12.1 Å². The summed E-state index contributed by atoms with van der Waals surface area (Å²) in [7, 11) is 0. The van der Waals surface area contributed by atoms with Gasteiger partial charge in [-0.05, 0) is 32.9 Å². The molecular formula is C10H16N2O2. The molecule has 0 saturated carbocycles. The third kappa shape index (κ3) is 4.20. The Labute approximate surface area is 83.9 Å². The van der Waals surface area contributed by atoms with Crippen LogP contribution in [0.5, 0.6) is 5.75 Å². The number of aromatic hydroxyl groups is 1. The Morgan fingerprint density at radius 1 is 1.43 bits per heavy atom. The first-order chi connectivity index (χ1) is 6.47. The maximum atomic E-state index is 9.00. The first kappa shape index (κ1) is 10.9. The third-order valence-corrected chi connectivity index (χ3v) is 1.44. The quantitative estimate of drug-likeness (QED) is 0.721. The second-order valence-corrected chi connectivity index (χ2v) is 4.04. The molecule has 0 bridgehead atoms. The van der Waals surface area contributed by atoms with Crippen LogP contribution in [0.3, 0.4) is 0 Å². The molecule has 0 amide bonds. The van der Waals surface area contributed by atoms with Crippen molar-refractivity contribution in [3.05, 3.63) is 24.0 Å². The first-order valence-electron chi connectivity index (χ1n) is 4.52. The number of rotatable bonds is 3. The SMILES string of the molecule is CC(C)(C)ONCc1ccc(O)cn1. The minimum absolute atomic E-state index is 0.172. The Morgan fingerprint density at radius 2 is 2.14 bits per heavy atom. The largest absolute Gasteiger partial charge is 0.506 e. The molecule has 2 N–H and O–H groups in total. The Balaban J connectivity index is 2.35. The maximum absolute atomic E-state index is 9.00. The molecule has 0 fully saturated rings. The molecule has 0 atom stereocenters. The molecule has 0 radical (unpaired) electrons. The van der Waals surface area contributed by atoms with Gasteiger partial charge in [0.05, 0.1) is 24.0 Å². The normalized spacial score (nSPS) is 11.6. The molecule has 1 aromatic heterocycles. The van der Waals surface area contributed by atoms with E-state index in [1.165, 1.54) is 6.20 Å². The van der Waals surface area contributed by atoms with Gasteiger partial charge in [-0.3, -0.25) is 9.82 Å². The van der Waals surface area contributed by atoms with Gasteiger partial charge < -0.3 is 5.11 Å². The molecule has 0 unspecified atom stereocenters. The Kier molecular flexibility index (Phi) is 3.43. The van der Waals surface area contributed by atoms with E-state index in [4.69, 9.17) is 9.94 Å². The van der Waals surface area contributed by atoms with Crippen LogP contribution in [0.2, 0.25) is 0 Å². The van der Waals surface area contributed by atoms with E-state index in [0.717, 1.165) is 5.69 Å². The highest BCUT2D eigenvalue weighted by atomic mass is 16.7. The van der Waals surface area contributed by atoms with Crippen molar-refractivity contribution in [2.75, 3.05) is 0 Å². The first-order valence-corrected chi connectivity index (χ1v) is 4.52. The molecule has 0 aliphatic carbocycles. The standard InChI is InChI=1S/C10H16N2O2/c1-10(2,3)14-12-6-8-4-5-9(13)7-11-8/h4-5,7,12-13H,6H2,1-3H3. The van der Waals surface area contributed by atoms with Crippen LogP contribution in [0.25, 0.3) is 0 Å². The molecule has 0 saturated heterocycles. The summed E-state index contributed by atoms with van der Waals surface area (Å²) in [4.78, 5) is 9.32. The highest BCUT2D eigenvalue weighted by Gasteiger charge is 2.09. The summed E-state index contributed by atoms with van der Waals surface area (Å²) in [6.45, 7) is 6.41. The van der Waals surface area contributed by atoms with Gasteiger partial charge in [0, 0.05) is 0 Å². The summed E-state index contributed by atoms with van der Waals surface area (Å²) in [5.74, 6) is 0.172. The fourth-order valence-corrected chi connectivity index (χ4v) is 0.848. The predicted octanol–water partition coefficient (Wildman–Crippen LogP) is 1.61. The highest BCUT2D eigenvalue weighted by Crippen LogP contribution is 2.07. The number of hydrogen-bond acceptors (Lipinski definition) is 4. The van der Waals surface area contributed by atoms with Crippen molar-refractivity contribution >= 4 is 0 Å². The van der Waals surface area contributed by atoms with E-state index in [0.29, 0.717) is 6.54 Å². The summed E-state index contributed by atoms with van der Waals surface area (Å²) in [6, 6.07) is 3.34. The summed E-state index contributed by atoms with van der Waals surface area (Å²) in [6.07, 6.45) is 1.41. The van der Waals surface area contributed by atoms with Crippen LogP contribution in [0.4, 0.5) is 0 Å². The minimum atomic E-state index is -0.211. The monoisotopic (exact) mass is 196 g/mol. The zero-order valence-corrected chi connectivity index (χ0v) is 8.74. The second kappa shape index (κ2) is 4.39. The van der Waals surface area contributed by atoms with Crippen molar-refractivity contribution in [2.45, 2.75) is 32.9 Å². The van der Waals surface area contributed by atoms with E-state index in [-0.39, 0.29) is 11.4 Å².